The van der Waals surface area contributed by atoms with Gasteiger partial charge in [-0.1, -0.05) is 6.07 Å². The van der Waals surface area contributed by atoms with E-state index in [2.05, 4.69) is 5.32 Å². The number of hydrogen-bond donors (Lipinski definition) is 3. The Kier molecular flexibility index (Phi) is 3.84. The topological polar surface area (TPSA) is 92.4 Å². The minimum absolute atomic E-state index is 0.0602. The molecule has 7 heteroatoms. The fraction of sp³-hybridized carbons (Fsp3) is 0. The van der Waals surface area contributed by atoms with Crippen molar-refractivity contribution in [2.24, 2.45) is 5.73 Å². The van der Waals surface area contributed by atoms with E-state index in [0.29, 0.717) is 0 Å². The van der Waals surface area contributed by atoms with E-state index < -0.39 is 29.1 Å². The van der Waals surface area contributed by atoms with Crippen LogP contribution in [0.3, 0.4) is 0 Å². The lowest BCUT2D eigenvalue weighted by molar-refractivity contribution is 0.0691. The van der Waals surface area contributed by atoms with Gasteiger partial charge in [0, 0.05) is 5.69 Å². The molecule has 0 saturated heterocycles. The molecule has 5 nitrogen and oxygen atoms in total. The summed E-state index contributed by atoms with van der Waals surface area (Å²) in [7, 11) is 0. The van der Waals surface area contributed by atoms with Crippen LogP contribution in [0, 0.1) is 11.6 Å². The number of nitrogens with two attached hydrogens (primary N) is 1. The van der Waals surface area contributed by atoms with E-state index in [0.717, 1.165) is 18.2 Å². The standard InChI is InChI=1S/C14H10F2N2O3/c15-9-2-1-3-11(12(9)13(17)19)18-7-4-5-8(14(20)21)10(16)6-7/h1-6,18H,(H2,17,19)(H,20,21). The SMILES string of the molecule is NC(=O)c1c(F)cccc1Nc1ccc(C(=O)O)c(F)c1. The minimum atomic E-state index is -1.40. The molecule has 0 fully saturated rings. The first-order valence-corrected chi connectivity index (χ1v) is 5.78. The molecule has 21 heavy (non-hydrogen) atoms. The maximum atomic E-state index is 13.6. The number of carbonyl (C=O) groups excluding carboxylic acids is 1. The molecule has 0 saturated carbocycles. The zero-order chi connectivity index (χ0) is 15.6. The van der Waals surface area contributed by atoms with Crippen molar-refractivity contribution in [2.75, 3.05) is 5.32 Å². The first kappa shape index (κ1) is 14.4. The maximum absolute atomic E-state index is 13.6. The van der Waals surface area contributed by atoms with E-state index in [-0.39, 0.29) is 16.9 Å². The van der Waals surface area contributed by atoms with Crippen molar-refractivity contribution in [2.45, 2.75) is 0 Å². The maximum Gasteiger partial charge on any atom is 0.338 e. The second-order valence-electron chi connectivity index (χ2n) is 4.15. The van der Waals surface area contributed by atoms with E-state index in [4.69, 9.17) is 10.8 Å². The third-order valence-electron chi connectivity index (χ3n) is 2.74. The molecule has 0 radical (unpaired) electrons. The van der Waals surface area contributed by atoms with Crippen molar-refractivity contribution in [3.05, 3.63) is 59.2 Å². The van der Waals surface area contributed by atoms with Gasteiger partial charge in [0.25, 0.3) is 5.91 Å². The Bertz CT molecular complexity index is 732. The summed E-state index contributed by atoms with van der Waals surface area (Å²) in [5.41, 5.74) is 4.46. The van der Waals surface area contributed by atoms with Gasteiger partial charge in [-0.05, 0) is 30.3 Å². The van der Waals surface area contributed by atoms with Crippen LogP contribution in [0.1, 0.15) is 20.7 Å². The lowest BCUT2D eigenvalue weighted by Gasteiger charge is -2.11. The van der Waals surface area contributed by atoms with Gasteiger partial charge >= 0.3 is 5.97 Å². The van der Waals surface area contributed by atoms with E-state index in [9.17, 15) is 18.4 Å². The zero-order valence-corrected chi connectivity index (χ0v) is 10.6. The number of amides is 1. The number of aromatic carboxylic acids is 1. The number of anilines is 2. The van der Waals surface area contributed by atoms with Crippen molar-refractivity contribution in [1.29, 1.82) is 0 Å². The van der Waals surface area contributed by atoms with Crippen LogP contribution >= 0.6 is 0 Å². The molecule has 0 aliphatic heterocycles. The molecule has 0 spiro atoms. The lowest BCUT2D eigenvalue weighted by atomic mass is 10.1. The van der Waals surface area contributed by atoms with E-state index in [1.54, 1.807) is 0 Å². The van der Waals surface area contributed by atoms with Crippen LogP contribution in [0.2, 0.25) is 0 Å². The normalized spacial score (nSPS) is 10.2. The lowest BCUT2D eigenvalue weighted by Crippen LogP contribution is -2.15. The molecule has 0 aromatic heterocycles. The Morgan fingerprint density at radius 3 is 2.38 bits per heavy atom. The van der Waals surface area contributed by atoms with Crippen molar-refractivity contribution < 1.29 is 23.5 Å². The number of primary amides is 1. The fourth-order valence-corrected chi connectivity index (χ4v) is 1.80. The highest BCUT2D eigenvalue weighted by molar-refractivity contribution is 5.99. The minimum Gasteiger partial charge on any atom is -0.478 e. The van der Waals surface area contributed by atoms with Gasteiger partial charge in [0.2, 0.25) is 0 Å². The molecule has 0 aliphatic carbocycles. The van der Waals surface area contributed by atoms with Gasteiger partial charge in [0.1, 0.15) is 11.6 Å². The zero-order valence-electron chi connectivity index (χ0n) is 10.6. The molecular formula is C14H10F2N2O3. The first-order chi connectivity index (χ1) is 9.90. The third kappa shape index (κ3) is 2.97. The monoisotopic (exact) mass is 292 g/mol. The molecule has 4 N–H and O–H groups in total. The summed E-state index contributed by atoms with van der Waals surface area (Å²) in [6.45, 7) is 0. The molecule has 108 valence electrons. The number of hydrogen-bond acceptors (Lipinski definition) is 3. The highest BCUT2D eigenvalue weighted by Gasteiger charge is 2.15. The number of carboxylic acids is 1. The molecule has 2 aromatic carbocycles. The largest absolute Gasteiger partial charge is 0.478 e. The van der Waals surface area contributed by atoms with Crippen LogP contribution in [0.15, 0.2) is 36.4 Å². The molecule has 1 amide bonds. The quantitative estimate of drug-likeness (QED) is 0.807. The van der Waals surface area contributed by atoms with Gasteiger partial charge in [0.05, 0.1) is 16.8 Å². The van der Waals surface area contributed by atoms with Crippen LogP contribution in [-0.4, -0.2) is 17.0 Å². The van der Waals surface area contributed by atoms with Crippen LogP contribution in [0.5, 0.6) is 0 Å². The fourth-order valence-electron chi connectivity index (χ4n) is 1.80. The Balaban J connectivity index is 2.39. The van der Waals surface area contributed by atoms with Crippen LogP contribution in [-0.2, 0) is 0 Å². The van der Waals surface area contributed by atoms with Crippen molar-refractivity contribution in [3.8, 4) is 0 Å². The number of rotatable bonds is 4. The summed E-state index contributed by atoms with van der Waals surface area (Å²) in [5.74, 6) is -4.14. The molecule has 2 aromatic rings. The first-order valence-electron chi connectivity index (χ1n) is 5.78. The average molecular weight is 292 g/mol. The van der Waals surface area contributed by atoms with Crippen LogP contribution in [0.4, 0.5) is 20.2 Å². The molecule has 0 bridgehead atoms. The summed E-state index contributed by atoms with van der Waals surface area (Å²) in [4.78, 5) is 21.9. The van der Waals surface area contributed by atoms with Gasteiger partial charge in [-0.2, -0.15) is 0 Å². The highest BCUT2D eigenvalue weighted by Crippen LogP contribution is 2.24. The van der Waals surface area contributed by atoms with Gasteiger partial charge in [-0.15, -0.1) is 0 Å². The van der Waals surface area contributed by atoms with Crippen molar-refractivity contribution >= 4 is 23.3 Å². The Morgan fingerprint density at radius 2 is 1.81 bits per heavy atom. The summed E-state index contributed by atoms with van der Waals surface area (Å²) in [6, 6.07) is 7.10. The summed E-state index contributed by atoms with van der Waals surface area (Å²) < 4.78 is 27.1. The molecule has 0 unspecified atom stereocenters. The van der Waals surface area contributed by atoms with Crippen LogP contribution < -0.4 is 11.1 Å². The molecule has 2 rings (SSSR count). The Hall–Kier alpha value is -2.96. The molecule has 0 heterocycles. The van der Waals surface area contributed by atoms with Crippen LogP contribution in [0.25, 0.3) is 0 Å². The van der Waals surface area contributed by atoms with Gasteiger partial charge in [-0.3, -0.25) is 4.79 Å². The predicted molar refractivity (Wildman–Crippen MR) is 71.6 cm³/mol. The predicted octanol–water partition coefficient (Wildman–Crippen LogP) is 2.51. The summed E-state index contributed by atoms with van der Waals surface area (Å²) in [6.07, 6.45) is 0. The molecule has 0 aliphatic rings. The number of nitrogens with one attached hydrogen (secondary N) is 1. The van der Waals surface area contributed by atoms with E-state index in [1.165, 1.54) is 18.2 Å². The van der Waals surface area contributed by atoms with Crippen molar-refractivity contribution in [1.82, 2.24) is 0 Å². The van der Waals surface area contributed by atoms with Gasteiger partial charge in [-0.25, -0.2) is 13.6 Å². The number of carboxylic acid groups (broad SMARTS) is 1. The summed E-state index contributed by atoms with van der Waals surface area (Å²) >= 11 is 0. The highest BCUT2D eigenvalue weighted by atomic mass is 19.1. The van der Waals surface area contributed by atoms with E-state index in [1.807, 2.05) is 0 Å². The third-order valence-corrected chi connectivity index (χ3v) is 2.74. The number of carbonyl (C=O) groups is 2. The smallest absolute Gasteiger partial charge is 0.338 e. The van der Waals surface area contributed by atoms with Gasteiger partial charge in [0.15, 0.2) is 0 Å². The number of benzene rings is 2. The van der Waals surface area contributed by atoms with E-state index >= 15 is 0 Å². The van der Waals surface area contributed by atoms with Crippen molar-refractivity contribution in [3.63, 3.8) is 0 Å². The Morgan fingerprint density at radius 1 is 1.10 bits per heavy atom. The van der Waals surface area contributed by atoms with Gasteiger partial charge < -0.3 is 16.2 Å². The second kappa shape index (κ2) is 5.58. The summed E-state index contributed by atoms with van der Waals surface area (Å²) in [5, 5.41) is 11.4. The molecular weight excluding hydrogens is 282 g/mol. The Labute approximate surface area is 118 Å². The molecule has 0 atom stereocenters. The number of halogens is 2. The average Bonchev–Trinajstić information content (AvgIpc) is 2.37. The second-order valence-corrected chi connectivity index (χ2v) is 4.15.